The summed E-state index contributed by atoms with van der Waals surface area (Å²) in [7, 11) is 0. The maximum atomic E-state index is 11.2. The molecule has 0 unspecified atom stereocenters. The second kappa shape index (κ2) is 7.32. The lowest BCUT2D eigenvalue weighted by Crippen LogP contribution is -2.21. The normalized spacial score (nSPS) is 17.1. The van der Waals surface area contributed by atoms with Crippen molar-refractivity contribution < 1.29 is 4.79 Å². The van der Waals surface area contributed by atoms with Crippen molar-refractivity contribution in [2.45, 2.75) is 64.8 Å². The standard InChI is InChI=1S/C17H26N2O/c1-13-10-11-16(18-14(2)20)12-17(13)19-15-8-6-4-3-5-7-9-15/h10-12,15,19H,3-9H2,1-2H3,(H,18,20). The van der Waals surface area contributed by atoms with Crippen molar-refractivity contribution in [2.75, 3.05) is 10.6 Å². The molecule has 1 aromatic rings. The van der Waals surface area contributed by atoms with Gasteiger partial charge in [0.25, 0.3) is 0 Å². The van der Waals surface area contributed by atoms with E-state index in [2.05, 4.69) is 29.7 Å². The van der Waals surface area contributed by atoms with Crippen LogP contribution in [-0.2, 0) is 4.79 Å². The van der Waals surface area contributed by atoms with Gasteiger partial charge < -0.3 is 10.6 Å². The third-order valence-corrected chi connectivity index (χ3v) is 4.02. The highest BCUT2D eigenvalue weighted by atomic mass is 16.1. The lowest BCUT2D eigenvalue weighted by Gasteiger charge is -2.23. The molecule has 3 nitrogen and oxygen atoms in total. The van der Waals surface area contributed by atoms with Crippen LogP contribution in [0.2, 0.25) is 0 Å². The Kier molecular flexibility index (Phi) is 5.45. The second-order valence-electron chi connectivity index (χ2n) is 5.90. The van der Waals surface area contributed by atoms with Gasteiger partial charge in [-0.2, -0.15) is 0 Å². The summed E-state index contributed by atoms with van der Waals surface area (Å²) in [5, 5.41) is 6.53. The smallest absolute Gasteiger partial charge is 0.221 e. The molecule has 0 aromatic heterocycles. The highest BCUT2D eigenvalue weighted by molar-refractivity contribution is 5.89. The van der Waals surface area contributed by atoms with Crippen molar-refractivity contribution in [3.8, 4) is 0 Å². The van der Waals surface area contributed by atoms with Gasteiger partial charge in [0, 0.05) is 24.3 Å². The zero-order valence-electron chi connectivity index (χ0n) is 12.7. The topological polar surface area (TPSA) is 41.1 Å². The molecule has 3 heteroatoms. The second-order valence-corrected chi connectivity index (χ2v) is 5.90. The Morgan fingerprint density at radius 3 is 2.40 bits per heavy atom. The number of anilines is 2. The van der Waals surface area contributed by atoms with Crippen LogP contribution in [0.15, 0.2) is 18.2 Å². The van der Waals surface area contributed by atoms with E-state index in [1.807, 2.05) is 6.07 Å². The molecule has 1 aromatic carbocycles. The largest absolute Gasteiger partial charge is 0.382 e. The molecule has 0 saturated heterocycles. The molecule has 2 rings (SSSR count). The summed E-state index contributed by atoms with van der Waals surface area (Å²) in [6, 6.07) is 6.65. The fourth-order valence-electron chi connectivity index (χ4n) is 2.88. The molecule has 1 saturated carbocycles. The number of carbonyl (C=O) groups is 1. The first-order valence-electron chi connectivity index (χ1n) is 7.80. The summed E-state index contributed by atoms with van der Waals surface area (Å²) >= 11 is 0. The van der Waals surface area contributed by atoms with Gasteiger partial charge in [-0.3, -0.25) is 4.79 Å². The van der Waals surface area contributed by atoms with Gasteiger partial charge in [-0.05, 0) is 37.5 Å². The SMILES string of the molecule is CC(=O)Nc1ccc(C)c(NC2CCCCCCC2)c1. The van der Waals surface area contributed by atoms with Crippen molar-refractivity contribution in [1.82, 2.24) is 0 Å². The molecule has 20 heavy (non-hydrogen) atoms. The minimum absolute atomic E-state index is 0.0224. The number of hydrogen-bond acceptors (Lipinski definition) is 2. The Morgan fingerprint density at radius 1 is 1.10 bits per heavy atom. The third kappa shape index (κ3) is 4.55. The van der Waals surface area contributed by atoms with Gasteiger partial charge in [0.15, 0.2) is 0 Å². The first-order chi connectivity index (χ1) is 9.65. The molecular formula is C17H26N2O. The monoisotopic (exact) mass is 274 g/mol. The predicted molar refractivity (Wildman–Crippen MR) is 85.2 cm³/mol. The Hall–Kier alpha value is -1.51. The number of nitrogens with one attached hydrogen (secondary N) is 2. The molecule has 110 valence electrons. The minimum Gasteiger partial charge on any atom is -0.382 e. The van der Waals surface area contributed by atoms with Crippen LogP contribution in [0.3, 0.4) is 0 Å². The number of aryl methyl sites for hydroxylation is 1. The number of benzene rings is 1. The van der Waals surface area contributed by atoms with Crippen molar-refractivity contribution in [3.05, 3.63) is 23.8 Å². The van der Waals surface area contributed by atoms with Gasteiger partial charge >= 0.3 is 0 Å². The zero-order valence-corrected chi connectivity index (χ0v) is 12.7. The first kappa shape index (κ1) is 14.9. The summed E-state index contributed by atoms with van der Waals surface area (Å²) in [5.74, 6) is -0.0224. The number of amides is 1. The maximum absolute atomic E-state index is 11.2. The molecule has 0 bridgehead atoms. The maximum Gasteiger partial charge on any atom is 0.221 e. The molecule has 2 N–H and O–H groups in total. The van der Waals surface area contributed by atoms with Gasteiger partial charge in [-0.1, -0.05) is 38.2 Å². The highest BCUT2D eigenvalue weighted by Gasteiger charge is 2.12. The van der Waals surface area contributed by atoms with E-state index in [1.54, 1.807) is 6.92 Å². The zero-order chi connectivity index (χ0) is 14.4. The van der Waals surface area contributed by atoms with E-state index in [4.69, 9.17) is 0 Å². The quantitative estimate of drug-likeness (QED) is 0.853. The highest BCUT2D eigenvalue weighted by Crippen LogP contribution is 2.25. The van der Waals surface area contributed by atoms with Crippen LogP contribution in [0, 0.1) is 6.92 Å². The Bertz CT molecular complexity index is 448. The molecule has 0 heterocycles. The summed E-state index contributed by atoms with van der Waals surface area (Å²) in [4.78, 5) is 11.2. The third-order valence-electron chi connectivity index (χ3n) is 4.02. The summed E-state index contributed by atoms with van der Waals surface area (Å²) in [6.45, 7) is 3.66. The van der Waals surface area contributed by atoms with Gasteiger partial charge in [0.05, 0.1) is 0 Å². The van der Waals surface area contributed by atoms with E-state index >= 15 is 0 Å². The Labute approximate surface area is 122 Å². The van der Waals surface area contributed by atoms with Crippen LogP contribution in [0.25, 0.3) is 0 Å². The van der Waals surface area contributed by atoms with Gasteiger partial charge in [0.1, 0.15) is 0 Å². The average molecular weight is 274 g/mol. The fraction of sp³-hybridized carbons (Fsp3) is 0.588. The van der Waals surface area contributed by atoms with Crippen molar-refractivity contribution in [2.24, 2.45) is 0 Å². The van der Waals surface area contributed by atoms with Crippen molar-refractivity contribution >= 4 is 17.3 Å². The van der Waals surface area contributed by atoms with Crippen LogP contribution in [0.4, 0.5) is 11.4 Å². The molecule has 0 atom stereocenters. The molecule has 1 aliphatic rings. The van der Waals surface area contributed by atoms with Crippen LogP contribution in [-0.4, -0.2) is 11.9 Å². The number of hydrogen-bond donors (Lipinski definition) is 2. The van der Waals surface area contributed by atoms with E-state index in [0.717, 1.165) is 11.4 Å². The van der Waals surface area contributed by atoms with Crippen LogP contribution in [0.5, 0.6) is 0 Å². The molecule has 1 fully saturated rings. The Balaban J connectivity index is 2.04. The summed E-state index contributed by atoms with van der Waals surface area (Å²) in [5.41, 5.74) is 3.26. The van der Waals surface area contributed by atoms with Gasteiger partial charge in [0.2, 0.25) is 5.91 Å². The molecule has 0 radical (unpaired) electrons. The Morgan fingerprint density at radius 2 is 1.75 bits per heavy atom. The van der Waals surface area contributed by atoms with Gasteiger partial charge in [-0.25, -0.2) is 0 Å². The van der Waals surface area contributed by atoms with Crippen LogP contribution >= 0.6 is 0 Å². The van der Waals surface area contributed by atoms with Crippen molar-refractivity contribution in [3.63, 3.8) is 0 Å². The van der Waals surface area contributed by atoms with E-state index in [-0.39, 0.29) is 5.91 Å². The lowest BCUT2D eigenvalue weighted by molar-refractivity contribution is -0.114. The van der Waals surface area contributed by atoms with E-state index in [9.17, 15) is 4.79 Å². The van der Waals surface area contributed by atoms with Crippen molar-refractivity contribution in [1.29, 1.82) is 0 Å². The summed E-state index contributed by atoms with van der Waals surface area (Å²) < 4.78 is 0. The fourth-order valence-corrected chi connectivity index (χ4v) is 2.88. The van der Waals surface area contributed by atoms with E-state index in [0.29, 0.717) is 6.04 Å². The molecule has 0 aliphatic heterocycles. The minimum atomic E-state index is -0.0224. The summed E-state index contributed by atoms with van der Waals surface area (Å²) in [6.07, 6.45) is 9.27. The van der Waals surface area contributed by atoms with E-state index in [1.165, 1.54) is 50.5 Å². The number of carbonyl (C=O) groups excluding carboxylic acids is 1. The first-order valence-corrected chi connectivity index (χ1v) is 7.80. The molecular weight excluding hydrogens is 248 g/mol. The average Bonchev–Trinajstić information content (AvgIpc) is 2.35. The molecule has 0 spiro atoms. The van der Waals surface area contributed by atoms with E-state index < -0.39 is 0 Å². The molecule has 1 aliphatic carbocycles. The van der Waals surface area contributed by atoms with Crippen LogP contribution in [0.1, 0.15) is 57.4 Å². The molecule has 1 amide bonds. The predicted octanol–water partition coefficient (Wildman–Crippen LogP) is 4.48. The van der Waals surface area contributed by atoms with Gasteiger partial charge in [-0.15, -0.1) is 0 Å². The van der Waals surface area contributed by atoms with Crippen LogP contribution < -0.4 is 10.6 Å². The lowest BCUT2D eigenvalue weighted by atomic mass is 9.96. The number of rotatable bonds is 3.